The van der Waals surface area contributed by atoms with Crippen molar-refractivity contribution >= 4 is 34.0 Å². The lowest BCUT2D eigenvalue weighted by atomic mass is 10.2. The highest BCUT2D eigenvalue weighted by molar-refractivity contribution is 7.10. The van der Waals surface area contributed by atoms with Gasteiger partial charge in [0, 0.05) is 17.2 Å². The van der Waals surface area contributed by atoms with E-state index in [4.69, 9.17) is 21.3 Å². The number of para-hydroxylation sites is 1. The van der Waals surface area contributed by atoms with Crippen LogP contribution in [-0.2, 0) is 6.42 Å². The molecule has 3 rings (SSSR count). The molecule has 110 valence electrons. The zero-order valence-corrected chi connectivity index (χ0v) is 13.6. The molecular weight excluding hydrogens is 304 g/mol. The van der Waals surface area contributed by atoms with Gasteiger partial charge in [-0.1, -0.05) is 12.1 Å². The fraction of sp³-hybridized carbons (Fsp3) is 0.312. The summed E-state index contributed by atoms with van der Waals surface area (Å²) in [5.74, 6) is 2.37. The van der Waals surface area contributed by atoms with E-state index in [-0.39, 0.29) is 6.04 Å². The van der Waals surface area contributed by atoms with Crippen LogP contribution in [0.5, 0.6) is 5.75 Å². The summed E-state index contributed by atoms with van der Waals surface area (Å²) >= 11 is 7.72. The van der Waals surface area contributed by atoms with Crippen LogP contribution in [0.25, 0.3) is 11.0 Å². The summed E-state index contributed by atoms with van der Waals surface area (Å²) in [5.41, 5.74) is 2.00. The van der Waals surface area contributed by atoms with E-state index in [2.05, 4.69) is 35.1 Å². The average molecular weight is 321 g/mol. The first-order valence-electron chi connectivity index (χ1n) is 6.89. The first kappa shape index (κ1) is 14.4. The zero-order chi connectivity index (χ0) is 14.8. The molecule has 21 heavy (non-hydrogen) atoms. The Bertz CT molecular complexity index is 736. The summed E-state index contributed by atoms with van der Waals surface area (Å²) in [6, 6.07) is 10.5. The van der Waals surface area contributed by atoms with Gasteiger partial charge >= 0.3 is 0 Å². The zero-order valence-electron chi connectivity index (χ0n) is 12.0. The monoisotopic (exact) mass is 320 g/mol. The lowest BCUT2D eigenvalue weighted by molar-refractivity contribution is 0.419. The number of halogens is 1. The number of ether oxygens (including phenoxy) is 1. The largest absolute Gasteiger partial charge is 0.494 e. The molecule has 0 spiro atoms. The molecule has 0 N–H and O–H groups in total. The number of thiophene rings is 1. The van der Waals surface area contributed by atoms with Crippen LogP contribution in [0.4, 0.5) is 0 Å². The number of methoxy groups -OCH3 is 1. The van der Waals surface area contributed by atoms with Gasteiger partial charge in [-0.15, -0.1) is 22.9 Å². The lowest BCUT2D eigenvalue weighted by Gasteiger charge is -2.16. The number of hydrogen-bond acceptors (Lipinski definition) is 3. The maximum atomic E-state index is 5.96. The first-order chi connectivity index (χ1) is 10.3. The molecule has 0 amide bonds. The van der Waals surface area contributed by atoms with Gasteiger partial charge in [-0.3, -0.25) is 0 Å². The third-order valence-corrected chi connectivity index (χ3v) is 4.87. The normalized spacial score (nSPS) is 12.7. The molecule has 3 nitrogen and oxygen atoms in total. The van der Waals surface area contributed by atoms with Gasteiger partial charge in [-0.2, -0.15) is 0 Å². The van der Waals surface area contributed by atoms with Crippen molar-refractivity contribution in [2.24, 2.45) is 0 Å². The van der Waals surface area contributed by atoms with Gasteiger partial charge in [-0.05, 0) is 30.5 Å². The minimum absolute atomic E-state index is 0.236. The van der Waals surface area contributed by atoms with E-state index < -0.39 is 0 Å². The third kappa shape index (κ3) is 2.54. The van der Waals surface area contributed by atoms with E-state index in [9.17, 15) is 0 Å². The number of imidazole rings is 1. The van der Waals surface area contributed by atoms with Gasteiger partial charge in [0.15, 0.2) is 0 Å². The van der Waals surface area contributed by atoms with Gasteiger partial charge < -0.3 is 9.30 Å². The van der Waals surface area contributed by atoms with Gasteiger partial charge in [0.2, 0.25) is 0 Å². The van der Waals surface area contributed by atoms with Crippen molar-refractivity contribution in [3.8, 4) is 5.75 Å². The number of rotatable bonds is 5. The molecule has 2 heterocycles. The van der Waals surface area contributed by atoms with Crippen LogP contribution >= 0.6 is 22.9 Å². The van der Waals surface area contributed by atoms with E-state index in [0.29, 0.717) is 5.88 Å². The van der Waals surface area contributed by atoms with Crippen molar-refractivity contribution < 1.29 is 4.74 Å². The number of fused-ring (bicyclic) bond motifs is 1. The predicted octanol–water partition coefficient (Wildman–Crippen LogP) is 4.50. The molecule has 1 aromatic carbocycles. The Kier molecular flexibility index (Phi) is 4.17. The Morgan fingerprint density at radius 1 is 1.33 bits per heavy atom. The summed E-state index contributed by atoms with van der Waals surface area (Å²) in [6.07, 6.45) is 0.745. The lowest BCUT2D eigenvalue weighted by Crippen LogP contribution is -2.10. The van der Waals surface area contributed by atoms with E-state index in [1.807, 2.05) is 12.1 Å². The van der Waals surface area contributed by atoms with Crippen LogP contribution in [0, 0.1) is 0 Å². The molecule has 2 aromatic heterocycles. The van der Waals surface area contributed by atoms with Crippen LogP contribution < -0.4 is 4.74 Å². The first-order valence-corrected chi connectivity index (χ1v) is 8.31. The Labute approximate surface area is 133 Å². The maximum Gasteiger partial charge on any atom is 0.146 e. The topological polar surface area (TPSA) is 27.1 Å². The summed E-state index contributed by atoms with van der Waals surface area (Å²) in [4.78, 5) is 6.08. The number of aromatic nitrogens is 2. The fourth-order valence-corrected chi connectivity index (χ4v) is 3.60. The van der Waals surface area contributed by atoms with Crippen molar-refractivity contribution in [3.05, 3.63) is 46.4 Å². The number of benzene rings is 1. The second-order valence-corrected chi connectivity index (χ2v) is 6.21. The Hall–Kier alpha value is -1.52. The molecule has 0 radical (unpaired) electrons. The molecule has 0 aliphatic rings. The van der Waals surface area contributed by atoms with Crippen molar-refractivity contribution in [3.63, 3.8) is 0 Å². The highest BCUT2D eigenvalue weighted by Gasteiger charge is 2.19. The second-order valence-electron chi connectivity index (χ2n) is 4.86. The van der Waals surface area contributed by atoms with E-state index in [1.54, 1.807) is 18.4 Å². The van der Waals surface area contributed by atoms with Crippen molar-refractivity contribution in [2.45, 2.75) is 19.4 Å². The molecule has 3 aromatic rings. The number of nitrogens with zero attached hydrogens (tertiary/aromatic N) is 2. The third-order valence-electron chi connectivity index (χ3n) is 3.64. The molecule has 0 bridgehead atoms. The molecule has 1 unspecified atom stereocenters. The molecular formula is C16H17ClN2OS. The van der Waals surface area contributed by atoms with Gasteiger partial charge in [0.1, 0.15) is 17.1 Å². The minimum atomic E-state index is 0.236. The molecule has 0 saturated carbocycles. The highest BCUT2D eigenvalue weighted by Crippen LogP contribution is 2.32. The van der Waals surface area contributed by atoms with Crippen LogP contribution in [0.2, 0.25) is 0 Å². The molecule has 0 aliphatic carbocycles. The van der Waals surface area contributed by atoms with E-state index >= 15 is 0 Å². The van der Waals surface area contributed by atoms with Crippen molar-refractivity contribution in [2.75, 3.05) is 13.0 Å². The summed E-state index contributed by atoms with van der Waals surface area (Å²) < 4.78 is 7.71. The Morgan fingerprint density at radius 3 is 2.86 bits per heavy atom. The fourth-order valence-electron chi connectivity index (χ4n) is 2.65. The molecule has 1 atom stereocenters. The Morgan fingerprint density at radius 2 is 2.19 bits per heavy atom. The number of alkyl halides is 1. The number of hydrogen-bond donors (Lipinski definition) is 0. The van der Waals surface area contributed by atoms with Gasteiger partial charge in [0.05, 0.1) is 18.7 Å². The summed E-state index contributed by atoms with van der Waals surface area (Å²) in [5, 5.41) is 2.10. The van der Waals surface area contributed by atoms with Crippen molar-refractivity contribution in [1.29, 1.82) is 0 Å². The van der Waals surface area contributed by atoms with Crippen LogP contribution in [0.1, 0.15) is 23.7 Å². The SMILES string of the molecule is COc1cccc2c1nc(CCCl)n2C(C)c1cccs1. The molecule has 0 aliphatic heterocycles. The predicted molar refractivity (Wildman–Crippen MR) is 88.8 cm³/mol. The summed E-state index contributed by atoms with van der Waals surface area (Å²) in [6.45, 7) is 2.20. The van der Waals surface area contributed by atoms with Crippen LogP contribution in [0.3, 0.4) is 0 Å². The standard InChI is InChI=1S/C16H17ClN2OS/c1-11(14-7-4-10-21-14)19-12-5-3-6-13(20-2)16(12)18-15(19)8-9-17/h3-7,10-11H,8-9H2,1-2H3. The molecule has 0 fully saturated rings. The maximum absolute atomic E-state index is 5.96. The summed E-state index contributed by atoms with van der Waals surface area (Å²) in [7, 11) is 1.68. The number of aryl methyl sites for hydroxylation is 1. The smallest absolute Gasteiger partial charge is 0.146 e. The quantitative estimate of drug-likeness (QED) is 0.647. The van der Waals surface area contributed by atoms with Crippen LogP contribution in [-0.4, -0.2) is 22.5 Å². The molecule has 0 saturated heterocycles. The van der Waals surface area contributed by atoms with E-state index in [0.717, 1.165) is 29.0 Å². The van der Waals surface area contributed by atoms with Gasteiger partial charge in [-0.25, -0.2) is 4.98 Å². The van der Waals surface area contributed by atoms with Crippen molar-refractivity contribution in [1.82, 2.24) is 9.55 Å². The highest BCUT2D eigenvalue weighted by atomic mass is 35.5. The Balaban J connectivity index is 2.21. The second kappa shape index (κ2) is 6.08. The average Bonchev–Trinajstić information content (AvgIpc) is 3.14. The van der Waals surface area contributed by atoms with Gasteiger partial charge in [0.25, 0.3) is 0 Å². The minimum Gasteiger partial charge on any atom is -0.494 e. The van der Waals surface area contributed by atoms with Crippen LogP contribution in [0.15, 0.2) is 35.7 Å². The van der Waals surface area contributed by atoms with E-state index in [1.165, 1.54) is 4.88 Å². The molecule has 5 heteroatoms.